The fraction of sp³-hybridized carbons (Fsp3) is 0.0714. The lowest BCUT2D eigenvalue weighted by Gasteiger charge is -2.14. The van der Waals surface area contributed by atoms with E-state index < -0.39 is 0 Å². The van der Waals surface area contributed by atoms with Crippen LogP contribution in [0.25, 0.3) is 39.5 Å². The van der Waals surface area contributed by atoms with Gasteiger partial charge in [-0.25, -0.2) is 4.98 Å². The summed E-state index contributed by atoms with van der Waals surface area (Å²) >= 11 is 2.23. The maximum absolute atomic E-state index is 13.8. The van der Waals surface area contributed by atoms with E-state index in [1.807, 2.05) is 74.8 Å². The minimum atomic E-state index is -0.0718. The molecule has 1 heterocycles. The van der Waals surface area contributed by atoms with E-state index in [2.05, 4.69) is 63.9 Å². The van der Waals surface area contributed by atoms with Crippen LogP contribution in [0.1, 0.15) is 11.4 Å². The molecule has 0 N–H and O–H groups in total. The smallest absolute Gasteiger partial charge is 0.266 e. The Hall–Kier alpha value is -3.45. The second kappa shape index (κ2) is 8.83. The number of halogens is 1. The number of fused-ring (bicyclic) bond motifs is 2. The van der Waals surface area contributed by atoms with E-state index in [0.29, 0.717) is 16.7 Å². The zero-order valence-electron chi connectivity index (χ0n) is 18.4. The molecule has 0 fully saturated rings. The molecule has 1 aromatic heterocycles. The minimum absolute atomic E-state index is 0.0718. The van der Waals surface area contributed by atoms with Gasteiger partial charge < -0.3 is 4.90 Å². The Morgan fingerprint density at radius 2 is 1.61 bits per heavy atom. The summed E-state index contributed by atoms with van der Waals surface area (Å²) in [4.78, 5) is 20.7. The third kappa shape index (κ3) is 4.16. The highest BCUT2D eigenvalue weighted by molar-refractivity contribution is 14.1. The highest BCUT2D eigenvalue weighted by Gasteiger charge is 2.14. The normalized spacial score (nSPS) is 11.5. The number of rotatable bonds is 4. The van der Waals surface area contributed by atoms with Crippen LogP contribution < -0.4 is 10.5 Å². The molecule has 162 valence electrons. The second-order valence-electron chi connectivity index (χ2n) is 8.09. The van der Waals surface area contributed by atoms with Crippen molar-refractivity contribution in [1.29, 1.82) is 0 Å². The highest BCUT2D eigenvalue weighted by Crippen LogP contribution is 2.24. The largest absolute Gasteiger partial charge is 0.378 e. The molecule has 0 aliphatic carbocycles. The van der Waals surface area contributed by atoms with Gasteiger partial charge in [-0.3, -0.25) is 9.36 Å². The van der Waals surface area contributed by atoms with Crippen LogP contribution in [0.5, 0.6) is 0 Å². The average Bonchev–Trinajstić information content (AvgIpc) is 2.83. The molecule has 5 aromatic rings. The predicted molar refractivity (Wildman–Crippen MR) is 147 cm³/mol. The summed E-state index contributed by atoms with van der Waals surface area (Å²) < 4.78 is 2.73. The van der Waals surface area contributed by atoms with Gasteiger partial charge in [0, 0.05) is 28.7 Å². The Morgan fingerprint density at radius 1 is 0.848 bits per heavy atom. The molecule has 33 heavy (non-hydrogen) atoms. The summed E-state index contributed by atoms with van der Waals surface area (Å²) in [6, 6.07) is 28.2. The van der Waals surface area contributed by atoms with E-state index in [-0.39, 0.29) is 5.56 Å². The zero-order valence-corrected chi connectivity index (χ0v) is 20.5. The summed E-state index contributed by atoms with van der Waals surface area (Å²) in [5.74, 6) is 0.599. The van der Waals surface area contributed by atoms with Crippen molar-refractivity contribution in [1.82, 2.24) is 9.55 Å². The molecule has 4 nitrogen and oxygen atoms in total. The van der Waals surface area contributed by atoms with Crippen LogP contribution in [-0.4, -0.2) is 23.6 Å². The van der Waals surface area contributed by atoms with E-state index in [9.17, 15) is 4.79 Å². The molecule has 0 atom stereocenters. The molecule has 0 radical (unpaired) electrons. The molecule has 5 heteroatoms. The first-order valence-electron chi connectivity index (χ1n) is 10.7. The molecule has 0 amide bonds. The Labute approximate surface area is 206 Å². The van der Waals surface area contributed by atoms with Crippen molar-refractivity contribution in [3.63, 3.8) is 0 Å². The molecule has 5 rings (SSSR count). The number of anilines is 1. The topological polar surface area (TPSA) is 38.1 Å². The fourth-order valence-electron chi connectivity index (χ4n) is 3.98. The predicted octanol–water partition coefficient (Wildman–Crippen LogP) is 6.38. The van der Waals surface area contributed by atoms with Gasteiger partial charge in [0.25, 0.3) is 5.56 Å². The van der Waals surface area contributed by atoms with Crippen LogP contribution in [0.4, 0.5) is 5.69 Å². The number of aromatic nitrogens is 2. The summed E-state index contributed by atoms with van der Waals surface area (Å²) in [6.45, 7) is 0. The monoisotopic (exact) mass is 543 g/mol. The summed E-state index contributed by atoms with van der Waals surface area (Å²) in [7, 11) is 4.04. The van der Waals surface area contributed by atoms with Gasteiger partial charge in [0.15, 0.2) is 0 Å². The fourth-order valence-corrected chi connectivity index (χ4v) is 4.47. The van der Waals surface area contributed by atoms with Crippen molar-refractivity contribution in [2.45, 2.75) is 0 Å². The third-order valence-electron chi connectivity index (χ3n) is 5.70. The zero-order chi connectivity index (χ0) is 22.9. The lowest BCUT2D eigenvalue weighted by Crippen LogP contribution is -2.22. The van der Waals surface area contributed by atoms with Crippen molar-refractivity contribution in [3.8, 4) is 5.69 Å². The summed E-state index contributed by atoms with van der Waals surface area (Å²) in [6.07, 6.45) is 3.92. The lowest BCUT2D eigenvalue weighted by molar-refractivity contribution is 0.951. The minimum Gasteiger partial charge on any atom is -0.378 e. The molecule has 0 saturated carbocycles. The highest BCUT2D eigenvalue weighted by atomic mass is 127. The molecule has 0 bridgehead atoms. The van der Waals surface area contributed by atoms with Gasteiger partial charge in [0.05, 0.1) is 16.6 Å². The van der Waals surface area contributed by atoms with Crippen LogP contribution in [0, 0.1) is 3.57 Å². The molecular formula is C28H22IN3O. The number of benzene rings is 4. The Kier molecular flexibility index (Phi) is 5.72. The number of nitrogens with zero attached hydrogens (tertiary/aromatic N) is 3. The maximum atomic E-state index is 13.8. The summed E-state index contributed by atoms with van der Waals surface area (Å²) in [5, 5.41) is 2.71. The molecule has 0 aliphatic heterocycles. The van der Waals surface area contributed by atoms with Crippen LogP contribution in [-0.2, 0) is 0 Å². The van der Waals surface area contributed by atoms with Crippen molar-refractivity contribution in [2.24, 2.45) is 0 Å². The first-order chi connectivity index (χ1) is 16.0. The molecule has 0 spiro atoms. The molecular weight excluding hydrogens is 521 g/mol. The van der Waals surface area contributed by atoms with Gasteiger partial charge >= 0.3 is 0 Å². The van der Waals surface area contributed by atoms with Gasteiger partial charge in [0.2, 0.25) is 0 Å². The van der Waals surface area contributed by atoms with Gasteiger partial charge in [0.1, 0.15) is 5.82 Å². The van der Waals surface area contributed by atoms with E-state index in [0.717, 1.165) is 31.3 Å². The number of hydrogen-bond acceptors (Lipinski definition) is 3. The van der Waals surface area contributed by atoms with Crippen molar-refractivity contribution in [2.75, 3.05) is 19.0 Å². The number of hydrogen-bond donors (Lipinski definition) is 0. The Morgan fingerprint density at radius 3 is 2.39 bits per heavy atom. The quantitative estimate of drug-likeness (QED) is 0.247. The van der Waals surface area contributed by atoms with Gasteiger partial charge in [-0.15, -0.1) is 0 Å². The lowest BCUT2D eigenvalue weighted by atomic mass is 10.1. The standard InChI is InChI=1S/C28H22IN3O/c1-31(2)22-14-10-19(11-15-22)12-17-27-30-25-16-13-21(29)18-24(25)28(33)32(27)26-9-5-7-20-6-3-4-8-23(20)26/h3-18H,1-2H3. The van der Waals surface area contributed by atoms with E-state index >= 15 is 0 Å². The average molecular weight is 543 g/mol. The van der Waals surface area contributed by atoms with E-state index in [1.165, 1.54) is 0 Å². The van der Waals surface area contributed by atoms with Crippen molar-refractivity contribution < 1.29 is 0 Å². The van der Waals surface area contributed by atoms with Crippen molar-refractivity contribution >= 4 is 62.1 Å². The Balaban J connectivity index is 1.74. The molecule has 0 aliphatic rings. The van der Waals surface area contributed by atoms with Gasteiger partial charge in [-0.05, 0) is 76.0 Å². The SMILES string of the molecule is CN(C)c1ccc(C=Cc2nc3ccc(I)cc3c(=O)n2-c2cccc3ccccc23)cc1. The van der Waals surface area contributed by atoms with Crippen LogP contribution >= 0.6 is 22.6 Å². The second-order valence-corrected chi connectivity index (χ2v) is 9.34. The third-order valence-corrected chi connectivity index (χ3v) is 6.37. The van der Waals surface area contributed by atoms with E-state index in [1.54, 1.807) is 4.57 Å². The van der Waals surface area contributed by atoms with Crippen LogP contribution in [0.2, 0.25) is 0 Å². The first kappa shape index (κ1) is 21.4. The molecule has 4 aromatic carbocycles. The Bertz CT molecular complexity index is 1560. The van der Waals surface area contributed by atoms with E-state index in [4.69, 9.17) is 4.98 Å². The van der Waals surface area contributed by atoms with Gasteiger partial charge in [-0.2, -0.15) is 0 Å². The van der Waals surface area contributed by atoms with Crippen molar-refractivity contribution in [3.05, 3.63) is 110 Å². The maximum Gasteiger partial charge on any atom is 0.266 e. The van der Waals surface area contributed by atoms with Crippen LogP contribution in [0.3, 0.4) is 0 Å². The molecule has 0 saturated heterocycles. The van der Waals surface area contributed by atoms with Gasteiger partial charge in [-0.1, -0.05) is 54.6 Å². The van der Waals surface area contributed by atoms with Crippen LogP contribution in [0.15, 0.2) is 89.7 Å². The molecule has 0 unspecified atom stereocenters. The first-order valence-corrected chi connectivity index (χ1v) is 11.7. The summed E-state index contributed by atoms with van der Waals surface area (Å²) in [5.41, 5.74) is 3.63.